The summed E-state index contributed by atoms with van der Waals surface area (Å²) in [6.45, 7) is 12.8. The molecule has 20 heavy (non-hydrogen) atoms. The van der Waals surface area contributed by atoms with Gasteiger partial charge in [0.1, 0.15) is 0 Å². The molecule has 0 bridgehead atoms. The van der Waals surface area contributed by atoms with Crippen molar-refractivity contribution in [2.45, 2.75) is 79.6 Å². The monoisotopic (exact) mass is 272 g/mol. The van der Waals surface area contributed by atoms with Crippen molar-refractivity contribution < 1.29 is 0 Å². The molecule has 0 aromatic heterocycles. The zero-order valence-corrected chi connectivity index (χ0v) is 14.2. The van der Waals surface area contributed by atoms with E-state index < -0.39 is 0 Å². The molecule has 0 saturated heterocycles. The highest BCUT2D eigenvalue weighted by Gasteiger charge is 2.66. The number of fused-ring (bicyclic) bond motifs is 2. The van der Waals surface area contributed by atoms with Crippen molar-refractivity contribution in [1.29, 1.82) is 0 Å². The first-order valence-electron chi connectivity index (χ1n) is 9.00. The minimum absolute atomic E-state index is 0.582. The van der Waals surface area contributed by atoms with Crippen molar-refractivity contribution >= 4 is 0 Å². The van der Waals surface area contributed by atoms with Gasteiger partial charge in [-0.15, -0.1) is 0 Å². The summed E-state index contributed by atoms with van der Waals surface area (Å²) in [5.74, 6) is 2.93. The molecule has 1 spiro atoms. The van der Waals surface area contributed by atoms with Crippen molar-refractivity contribution in [2.24, 2.45) is 34.0 Å². The average Bonchev–Trinajstić information content (AvgIpc) is 2.94. The fourth-order valence-electron chi connectivity index (χ4n) is 7.63. The Balaban J connectivity index is 1.89. The Morgan fingerprint density at radius 1 is 1.00 bits per heavy atom. The van der Waals surface area contributed by atoms with Gasteiger partial charge in [-0.2, -0.15) is 0 Å². The largest absolute Gasteiger partial charge is 0.0735 e. The molecule has 0 radical (unpaired) electrons. The van der Waals surface area contributed by atoms with Crippen molar-refractivity contribution in [1.82, 2.24) is 0 Å². The summed E-state index contributed by atoms with van der Waals surface area (Å²) in [5.41, 5.74) is 5.56. The van der Waals surface area contributed by atoms with Crippen molar-refractivity contribution in [3.8, 4) is 0 Å². The Hall–Kier alpha value is -0.260. The second-order valence-corrected chi connectivity index (χ2v) is 9.68. The van der Waals surface area contributed by atoms with E-state index in [1.807, 2.05) is 5.57 Å². The molecule has 4 aliphatic rings. The van der Waals surface area contributed by atoms with E-state index in [1.54, 1.807) is 5.57 Å². The third-order valence-electron chi connectivity index (χ3n) is 8.36. The van der Waals surface area contributed by atoms with Gasteiger partial charge in [0, 0.05) is 0 Å². The van der Waals surface area contributed by atoms with E-state index >= 15 is 0 Å². The summed E-state index contributed by atoms with van der Waals surface area (Å²) in [4.78, 5) is 0. The van der Waals surface area contributed by atoms with Gasteiger partial charge in [0.05, 0.1) is 0 Å². The van der Waals surface area contributed by atoms with Gasteiger partial charge in [-0.1, -0.05) is 38.8 Å². The number of hydrogen-bond acceptors (Lipinski definition) is 0. The first-order valence-corrected chi connectivity index (χ1v) is 9.00. The predicted molar refractivity (Wildman–Crippen MR) is 85.5 cm³/mol. The van der Waals surface area contributed by atoms with Gasteiger partial charge in [0.15, 0.2) is 0 Å². The molecule has 0 aliphatic heterocycles. The van der Waals surface area contributed by atoms with Crippen molar-refractivity contribution in [2.75, 3.05) is 0 Å². The van der Waals surface area contributed by atoms with E-state index in [2.05, 4.69) is 34.6 Å². The Labute approximate surface area is 125 Å². The lowest BCUT2D eigenvalue weighted by molar-refractivity contribution is -0.0226. The van der Waals surface area contributed by atoms with Gasteiger partial charge in [-0.25, -0.2) is 0 Å². The minimum atomic E-state index is 0.582. The van der Waals surface area contributed by atoms with Crippen LogP contribution in [0.5, 0.6) is 0 Å². The Morgan fingerprint density at radius 2 is 1.75 bits per heavy atom. The van der Waals surface area contributed by atoms with Gasteiger partial charge >= 0.3 is 0 Å². The maximum Gasteiger partial charge on any atom is -0.00254 e. The van der Waals surface area contributed by atoms with E-state index in [1.165, 1.54) is 44.9 Å². The van der Waals surface area contributed by atoms with Crippen LogP contribution in [0.15, 0.2) is 11.1 Å². The third kappa shape index (κ3) is 1.35. The summed E-state index contributed by atoms with van der Waals surface area (Å²) in [6, 6.07) is 0. The average molecular weight is 272 g/mol. The molecule has 0 unspecified atom stereocenters. The van der Waals surface area contributed by atoms with Gasteiger partial charge in [-0.05, 0) is 85.9 Å². The SMILES string of the molecule is CC1=C2C[C@@]3(C)CCC(C)(C)[C@H]3[C@@H]3CC[C@H](C)[C@]23CC1. The molecule has 4 aliphatic carbocycles. The molecule has 112 valence electrons. The van der Waals surface area contributed by atoms with Crippen LogP contribution in [0.3, 0.4) is 0 Å². The van der Waals surface area contributed by atoms with E-state index in [9.17, 15) is 0 Å². The van der Waals surface area contributed by atoms with Crippen LogP contribution in [0.1, 0.15) is 79.6 Å². The van der Waals surface area contributed by atoms with E-state index in [0.29, 0.717) is 16.2 Å². The first-order chi connectivity index (χ1) is 9.31. The number of allylic oxidation sites excluding steroid dienone is 2. The fraction of sp³-hybridized carbons (Fsp3) is 0.900. The second-order valence-electron chi connectivity index (χ2n) is 9.68. The molecule has 0 aromatic rings. The van der Waals surface area contributed by atoms with Crippen LogP contribution in [0.25, 0.3) is 0 Å². The van der Waals surface area contributed by atoms with Crippen LogP contribution in [0.4, 0.5) is 0 Å². The Bertz CT molecular complexity index is 482. The van der Waals surface area contributed by atoms with Gasteiger partial charge < -0.3 is 0 Å². The lowest BCUT2D eigenvalue weighted by Crippen LogP contribution is -2.49. The third-order valence-corrected chi connectivity index (χ3v) is 8.36. The highest BCUT2D eigenvalue weighted by molar-refractivity contribution is 5.36. The molecular weight excluding hydrogens is 240 g/mol. The summed E-state index contributed by atoms with van der Waals surface area (Å²) in [6.07, 6.45) is 10.3. The van der Waals surface area contributed by atoms with Gasteiger partial charge in [0.2, 0.25) is 0 Å². The summed E-state index contributed by atoms with van der Waals surface area (Å²) < 4.78 is 0. The molecule has 3 fully saturated rings. The lowest BCUT2D eigenvalue weighted by Gasteiger charge is -2.56. The smallest absolute Gasteiger partial charge is 0.00254 e. The fourth-order valence-corrected chi connectivity index (χ4v) is 7.63. The molecule has 3 saturated carbocycles. The molecule has 0 heteroatoms. The normalized spacial score (nSPS) is 53.0. The molecule has 0 heterocycles. The first kappa shape index (κ1) is 13.4. The predicted octanol–water partition coefficient (Wildman–Crippen LogP) is 5.98. The van der Waals surface area contributed by atoms with Crippen LogP contribution in [-0.4, -0.2) is 0 Å². The Kier molecular flexibility index (Phi) is 2.50. The summed E-state index contributed by atoms with van der Waals surface area (Å²) in [7, 11) is 0. The van der Waals surface area contributed by atoms with Crippen LogP contribution < -0.4 is 0 Å². The number of hydrogen-bond donors (Lipinski definition) is 0. The molecule has 0 amide bonds. The topological polar surface area (TPSA) is 0 Å². The number of rotatable bonds is 0. The molecule has 4 rings (SSSR count). The van der Waals surface area contributed by atoms with Gasteiger partial charge in [-0.3, -0.25) is 0 Å². The summed E-state index contributed by atoms with van der Waals surface area (Å²) in [5, 5.41) is 0. The van der Waals surface area contributed by atoms with E-state index in [0.717, 1.165) is 17.8 Å². The van der Waals surface area contributed by atoms with E-state index in [-0.39, 0.29) is 0 Å². The molecule has 5 atom stereocenters. The second kappa shape index (κ2) is 3.73. The van der Waals surface area contributed by atoms with Crippen LogP contribution in [0.2, 0.25) is 0 Å². The zero-order valence-electron chi connectivity index (χ0n) is 14.2. The molecule has 0 aromatic carbocycles. The maximum absolute atomic E-state index is 2.64. The summed E-state index contributed by atoms with van der Waals surface area (Å²) >= 11 is 0. The lowest BCUT2D eigenvalue weighted by atomic mass is 9.49. The minimum Gasteiger partial charge on any atom is -0.0735 e. The van der Waals surface area contributed by atoms with Crippen molar-refractivity contribution in [3.05, 3.63) is 11.1 Å². The molecular formula is C20H32. The quantitative estimate of drug-likeness (QED) is 0.476. The van der Waals surface area contributed by atoms with Gasteiger partial charge in [0.25, 0.3) is 0 Å². The Morgan fingerprint density at radius 3 is 2.50 bits per heavy atom. The van der Waals surface area contributed by atoms with Crippen LogP contribution in [0, 0.1) is 34.0 Å². The highest BCUT2D eigenvalue weighted by atomic mass is 14.7. The van der Waals surface area contributed by atoms with Crippen LogP contribution in [-0.2, 0) is 0 Å². The van der Waals surface area contributed by atoms with Crippen LogP contribution >= 0.6 is 0 Å². The van der Waals surface area contributed by atoms with E-state index in [4.69, 9.17) is 0 Å². The zero-order chi connectivity index (χ0) is 14.3. The maximum atomic E-state index is 2.64. The van der Waals surface area contributed by atoms with Crippen molar-refractivity contribution in [3.63, 3.8) is 0 Å². The molecule has 0 N–H and O–H groups in total. The highest BCUT2D eigenvalue weighted by Crippen LogP contribution is 2.75. The molecule has 0 nitrogen and oxygen atoms in total. The standard InChI is InChI=1S/C20H32/c1-13-8-9-20-14(2)6-7-15(20)17-18(3,4)10-11-19(17,5)12-16(13)20/h14-15,17H,6-12H2,1-5H3/t14-,15-,17+,19+,20-/m0/s1.